The van der Waals surface area contributed by atoms with Gasteiger partial charge in [-0.05, 0) is 53.9 Å². The molecule has 2 aliphatic rings. The Morgan fingerprint density at radius 3 is 2.38 bits per heavy atom. The van der Waals surface area contributed by atoms with Gasteiger partial charge in [0.25, 0.3) is 11.7 Å². The molecule has 9 nitrogen and oxygen atoms in total. The highest BCUT2D eigenvalue weighted by atomic mass is 16.5. The van der Waals surface area contributed by atoms with Crippen LogP contribution < -0.4 is 14.2 Å². The van der Waals surface area contributed by atoms with Gasteiger partial charge in [0.2, 0.25) is 0 Å². The van der Waals surface area contributed by atoms with Crippen molar-refractivity contribution < 1.29 is 33.6 Å². The predicted octanol–water partition coefficient (Wildman–Crippen LogP) is 4.35. The summed E-state index contributed by atoms with van der Waals surface area (Å²) in [5.41, 5.74) is 2.85. The molecule has 0 spiro atoms. The second-order valence-corrected chi connectivity index (χ2v) is 10.3. The number of carbonyl (C=O) groups excluding carboxylic acids is 2. The summed E-state index contributed by atoms with van der Waals surface area (Å²) in [6.45, 7) is 5.81. The van der Waals surface area contributed by atoms with Crippen LogP contribution in [0.15, 0.2) is 72.3 Å². The van der Waals surface area contributed by atoms with Crippen molar-refractivity contribution in [3.63, 3.8) is 0 Å². The van der Waals surface area contributed by atoms with Crippen molar-refractivity contribution in [1.82, 2.24) is 9.80 Å². The fraction of sp³-hybridized carbons (Fsp3) is 0.333. The minimum absolute atomic E-state index is 0.0373. The Morgan fingerprint density at radius 2 is 1.69 bits per heavy atom. The van der Waals surface area contributed by atoms with Gasteiger partial charge < -0.3 is 29.0 Å². The first-order valence-corrected chi connectivity index (χ1v) is 14.0. The topological polar surface area (TPSA) is 97.8 Å². The molecule has 2 fully saturated rings. The average Bonchev–Trinajstić information content (AvgIpc) is 3.28. The van der Waals surface area contributed by atoms with Crippen molar-refractivity contribution in [2.75, 3.05) is 53.6 Å². The Labute approximate surface area is 245 Å². The largest absolute Gasteiger partial charge is 0.507 e. The number of benzene rings is 3. The summed E-state index contributed by atoms with van der Waals surface area (Å²) in [5, 5.41) is 11.6. The van der Waals surface area contributed by atoms with Crippen molar-refractivity contribution in [2.24, 2.45) is 0 Å². The van der Waals surface area contributed by atoms with Crippen LogP contribution >= 0.6 is 0 Å². The Balaban J connectivity index is 1.53. The van der Waals surface area contributed by atoms with Crippen molar-refractivity contribution in [3.8, 4) is 17.2 Å². The monoisotopic (exact) mass is 572 g/mol. The van der Waals surface area contributed by atoms with Gasteiger partial charge in [-0.15, -0.1) is 0 Å². The van der Waals surface area contributed by atoms with Gasteiger partial charge in [-0.2, -0.15) is 0 Å². The predicted molar refractivity (Wildman–Crippen MR) is 158 cm³/mol. The lowest BCUT2D eigenvalue weighted by Crippen LogP contribution is -2.42. The van der Waals surface area contributed by atoms with E-state index in [1.165, 1.54) is 0 Å². The lowest BCUT2D eigenvalue weighted by molar-refractivity contribution is -0.140. The SMILES string of the molecule is COc1ccc(C(O)=C2C(=O)C(=O)N(CCN3CCOCC3)C2c2ccc(OCc3ccccc3)c(OC)c2)c(C)c1. The van der Waals surface area contributed by atoms with Gasteiger partial charge in [-0.1, -0.05) is 36.4 Å². The van der Waals surface area contributed by atoms with Crippen LogP contribution in [-0.2, 0) is 20.9 Å². The summed E-state index contributed by atoms with van der Waals surface area (Å²) in [5.74, 6) is 0.0183. The van der Waals surface area contributed by atoms with E-state index in [-0.39, 0.29) is 11.3 Å². The molecule has 9 heteroatoms. The van der Waals surface area contributed by atoms with E-state index >= 15 is 0 Å². The molecule has 42 heavy (non-hydrogen) atoms. The summed E-state index contributed by atoms with van der Waals surface area (Å²) < 4.78 is 22.5. The third-order valence-electron chi connectivity index (χ3n) is 7.73. The number of carbonyl (C=O) groups is 2. The van der Waals surface area contributed by atoms with Crippen molar-refractivity contribution in [1.29, 1.82) is 0 Å². The fourth-order valence-electron chi connectivity index (χ4n) is 5.41. The number of aliphatic hydroxyl groups excluding tert-OH is 1. The summed E-state index contributed by atoms with van der Waals surface area (Å²) in [4.78, 5) is 30.8. The number of aliphatic hydroxyl groups is 1. The first kappa shape index (κ1) is 29.2. The van der Waals surface area contributed by atoms with Crippen LogP contribution in [0, 0.1) is 6.92 Å². The molecular formula is C33H36N2O7. The van der Waals surface area contributed by atoms with Crippen LogP contribution in [0.3, 0.4) is 0 Å². The minimum atomic E-state index is -0.815. The Kier molecular flexibility index (Phi) is 9.09. The molecule has 3 aromatic carbocycles. The lowest BCUT2D eigenvalue weighted by atomic mass is 9.93. The van der Waals surface area contributed by atoms with Crippen LogP contribution in [-0.4, -0.2) is 80.2 Å². The molecule has 2 aliphatic heterocycles. The number of morpholine rings is 1. The molecule has 0 aliphatic carbocycles. The Hall–Kier alpha value is -4.34. The first-order chi connectivity index (χ1) is 20.4. The van der Waals surface area contributed by atoms with Gasteiger partial charge in [0.05, 0.1) is 39.0 Å². The Bertz CT molecular complexity index is 1460. The zero-order chi connectivity index (χ0) is 29.6. The molecule has 1 atom stereocenters. The molecule has 0 radical (unpaired) electrons. The highest BCUT2D eigenvalue weighted by Crippen LogP contribution is 2.42. The molecular weight excluding hydrogens is 536 g/mol. The van der Waals surface area contributed by atoms with Crippen LogP contribution in [0.5, 0.6) is 17.2 Å². The lowest BCUT2D eigenvalue weighted by Gasteiger charge is -2.31. The molecule has 1 unspecified atom stereocenters. The van der Waals surface area contributed by atoms with Crippen molar-refractivity contribution >= 4 is 17.4 Å². The van der Waals surface area contributed by atoms with Gasteiger partial charge in [0.15, 0.2) is 11.5 Å². The normalized spacial score (nSPS) is 18.7. The number of nitrogens with zero attached hydrogens (tertiary/aromatic N) is 2. The second kappa shape index (κ2) is 13.1. The zero-order valence-corrected chi connectivity index (χ0v) is 24.2. The quantitative estimate of drug-likeness (QED) is 0.218. The standard InChI is InChI=1S/C33H36N2O7/c1-22-19-25(39-2)10-11-26(22)31(36)29-30(35(33(38)32(29)37)14-13-34-15-17-41-18-16-34)24-9-12-27(28(20-24)40-3)42-21-23-7-5-4-6-8-23/h4-12,19-20,30,36H,13-18,21H2,1-3H3. The summed E-state index contributed by atoms with van der Waals surface area (Å²) in [7, 11) is 3.11. The number of aryl methyl sites for hydroxylation is 1. The number of hydrogen-bond acceptors (Lipinski definition) is 8. The minimum Gasteiger partial charge on any atom is -0.507 e. The summed E-state index contributed by atoms with van der Waals surface area (Å²) >= 11 is 0. The van der Waals surface area contributed by atoms with Gasteiger partial charge >= 0.3 is 0 Å². The molecule has 2 heterocycles. The van der Waals surface area contributed by atoms with Crippen LogP contribution in [0.2, 0.25) is 0 Å². The van der Waals surface area contributed by atoms with Crippen molar-refractivity contribution in [3.05, 3.63) is 94.6 Å². The maximum Gasteiger partial charge on any atom is 0.295 e. The third-order valence-corrected chi connectivity index (χ3v) is 7.73. The van der Waals surface area contributed by atoms with E-state index in [1.54, 1.807) is 49.5 Å². The number of rotatable bonds is 10. The number of Topliss-reactive ketones (excluding diaryl/α,β-unsaturated/α-hetero) is 1. The van der Waals surface area contributed by atoms with E-state index in [4.69, 9.17) is 18.9 Å². The molecule has 1 N–H and O–H groups in total. The Morgan fingerprint density at radius 1 is 0.929 bits per heavy atom. The van der Waals surface area contributed by atoms with E-state index in [2.05, 4.69) is 4.90 Å². The van der Waals surface area contributed by atoms with Gasteiger partial charge in [0.1, 0.15) is 18.1 Å². The number of ketones is 1. The average molecular weight is 573 g/mol. The number of methoxy groups -OCH3 is 2. The van der Waals surface area contributed by atoms with Gasteiger partial charge in [0, 0.05) is 31.7 Å². The molecule has 2 saturated heterocycles. The number of hydrogen-bond donors (Lipinski definition) is 1. The van der Waals surface area contributed by atoms with Crippen LogP contribution in [0.1, 0.15) is 28.3 Å². The summed E-state index contributed by atoms with van der Waals surface area (Å²) in [6.07, 6.45) is 0. The number of likely N-dealkylation sites (tertiary alicyclic amines) is 1. The maximum atomic E-state index is 13.6. The maximum absolute atomic E-state index is 13.6. The first-order valence-electron chi connectivity index (χ1n) is 14.0. The molecule has 0 aromatic heterocycles. The van der Waals surface area contributed by atoms with Gasteiger partial charge in [-0.3, -0.25) is 14.5 Å². The molecule has 5 rings (SSSR count). The molecule has 0 bridgehead atoms. The molecule has 3 aromatic rings. The van der Waals surface area contributed by atoms with E-state index in [0.29, 0.717) is 66.8 Å². The number of ether oxygens (including phenoxy) is 4. The van der Waals surface area contributed by atoms with E-state index in [9.17, 15) is 14.7 Å². The van der Waals surface area contributed by atoms with E-state index < -0.39 is 17.7 Å². The smallest absolute Gasteiger partial charge is 0.295 e. The zero-order valence-electron chi connectivity index (χ0n) is 24.2. The highest BCUT2D eigenvalue weighted by molar-refractivity contribution is 6.46. The van der Waals surface area contributed by atoms with Crippen LogP contribution in [0.4, 0.5) is 0 Å². The fourth-order valence-corrected chi connectivity index (χ4v) is 5.41. The molecule has 1 amide bonds. The third kappa shape index (κ3) is 6.12. The summed E-state index contributed by atoms with van der Waals surface area (Å²) in [6, 6.07) is 19.5. The molecule has 220 valence electrons. The van der Waals surface area contributed by atoms with Crippen LogP contribution in [0.25, 0.3) is 5.76 Å². The number of amides is 1. The van der Waals surface area contributed by atoms with E-state index in [0.717, 1.165) is 18.7 Å². The van der Waals surface area contributed by atoms with Gasteiger partial charge in [-0.25, -0.2) is 0 Å². The van der Waals surface area contributed by atoms with Crippen molar-refractivity contribution in [2.45, 2.75) is 19.6 Å². The highest BCUT2D eigenvalue weighted by Gasteiger charge is 2.46. The van der Waals surface area contributed by atoms with E-state index in [1.807, 2.05) is 43.3 Å². The molecule has 0 saturated carbocycles. The second-order valence-electron chi connectivity index (χ2n) is 10.3.